The normalized spacial score (nSPS) is 32.4. The third-order valence-corrected chi connectivity index (χ3v) is 19.1. The van der Waals surface area contributed by atoms with Crippen LogP contribution in [0.15, 0.2) is 0 Å². The second-order valence-corrected chi connectivity index (χ2v) is 33.4. The minimum absolute atomic E-state index is 0. The summed E-state index contributed by atoms with van der Waals surface area (Å²) in [5, 5.41) is 10.1. The number of rotatable bonds is 31. The van der Waals surface area contributed by atoms with E-state index < -0.39 is 305 Å². The van der Waals surface area contributed by atoms with Crippen molar-refractivity contribution < 1.29 is 632 Å². The van der Waals surface area contributed by atoms with Crippen molar-refractivity contribution in [1.29, 1.82) is 0 Å². The third-order valence-electron chi connectivity index (χ3n) is 17.4. The van der Waals surface area contributed by atoms with E-state index in [9.17, 15) is 57.0 Å². The van der Waals surface area contributed by atoms with Crippen molar-refractivity contribution in [3.63, 3.8) is 0 Å². The predicted molar refractivity (Wildman–Crippen MR) is 379 cm³/mol. The zero-order valence-electron chi connectivity index (χ0n) is 79.6. The number of hydrogen-bond acceptors (Lipinski definition) is 61. The second-order valence-electron chi connectivity index (χ2n) is 25.8. The quantitative estimate of drug-likeness (QED) is 0.0135. The molecule has 8 saturated heterocycles. The first-order chi connectivity index (χ1) is 59.7. The van der Waals surface area contributed by atoms with E-state index in [1.165, 1.54) is 74.4 Å². The Morgan fingerprint density at radius 2 is 0.444 bits per heavy atom. The number of aliphatic hydroxyl groups is 1. The fraction of sp³-hybridized carbons (Fsp3) is 0.789. The number of ether oxygens (including phenoxy) is 20. The van der Waals surface area contributed by atoms with Gasteiger partial charge >= 0.3 is 379 Å². The van der Waals surface area contributed by atoms with Crippen molar-refractivity contribution in [3.8, 4) is 0 Å². The number of aliphatic hydroxyl groups excluding tert-OH is 1. The maximum Gasteiger partial charge on any atom is 1.00 e. The van der Waals surface area contributed by atoms with Crippen LogP contribution in [0.3, 0.4) is 0 Å². The van der Waals surface area contributed by atoms with Crippen LogP contribution in [0.4, 0.5) is 0 Å². The molecule has 0 saturated carbocycles. The molecule has 0 bridgehead atoms. The average Bonchev–Trinajstić information content (AvgIpc) is 0.776. The molecule has 0 aliphatic carbocycles. The summed E-state index contributed by atoms with van der Waals surface area (Å²) in [6.45, 7) is 7.66. The summed E-state index contributed by atoms with van der Waals surface area (Å²) >= 11 is 0. The zero-order chi connectivity index (χ0) is 101. The first-order valence-electron chi connectivity index (χ1n) is 34.7. The molecule has 13 N–H and O–H groups in total. The maximum absolute atomic E-state index is 11.9. The first kappa shape index (κ1) is 177. The van der Waals surface area contributed by atoms with E-state index in [0.717, 1.165) is 13.2 Å². The molecular weight excluding hydrogens is 2250 g/mol. The number of nitrogens with two attached hydrogens (primary N) is 4. The van der Waals surface area contributed by atoms with E-state index in [4.69, 9.17) is 226 Å². The van der Waals surface area contributed by atoms with Gasteiger partial charge in [0.05, 0.1) is 75.0 Å². The summed E-state index contributed by atoms with van der Waals surface area (Å²) in [6, 6.07) is -4.04. The molecule has 766 valence electrons. The fourth-order valence-electron chi connectivity index (χ4n) is 11.9. The molecule has 8 fully saturated rings. The van der Waals surface area contributed by atoms with Crippen LogP contribution in [-0.2, 0) is 233 Å². The molecule has 8 rings (SSSR count). The van der Waals surface area contributed by atoms with Crippen molar-refractivity contribution in [2.75, 3.05) is 62.0 Å². The van der Waals surface area contributed by atoms with Crippen LogP contribution in [0, 0.1) is 75.8 Å². The molecule has 65 nitrogen and oxygen atoms in total. The summed E-state index contributed by atoms with van der Waals surface area (Å²) in [5.74, 6) is -3.00. The number of hydrogen-bond donors (Lipinski definition) is 9. The van der Waals surface area contributed by atoms with Gasteiger partial charge in [0.25, 0.3) is 0 Å². The molecule has 85 heteroatoms. The Morgan fingerprint density at radius 1 is 0.282 bits per heavy atom. The molecule has 142 heavy (non-hydrogen) atoms. The molecule has 8 unspecified atom stereocenters. The zero-order valence-corrected chi connectivity index (χ0v) is 110. The predicted octanol–water partition coefficient (Wildman–Crippen LogP) is -48.0. The molecule has 0 aromatic heterocycles. The Hall–Kier alpha value is 7.48. The minimum atomic E-state index is -5.35. The molecule has 0 amide bonds. The topological polar surface area (TPSA) is 1020 Å². The monoisotopic (exact) mass is 2340 g/mol. The van der Waals surface area contributed by atoms with Crippen molar-refractivity contribution in [3.05, 3.63) is 52.1 Å². The van der Waals surface area contributed by atoms with Crippen LogP contribution < -0.4 is 378 Å². The van der Waals surface area contributed by atoms with Crippen LogP contribution >= 0.6 is 0 Å². The molecule has 0 aromatic rings. The van der Waals surface area contributed by atoms with E-state index in [0.29, 0.717) is 0 Å². The van der Waals surface area contributed by atoms with Gasteiger partial charge in [0.15, 0.2) is 25.2 Å². The van der Waals surface area contributed by atoms with Gasteiger partial charge in [0, 0.05) is 84.4 Å². The van der Waals surface area contributed by atoms with Gasteiger partial charge in [-0.15, -0.1) is 0 Å². The van der Waals surface area contributed by atoms with E-state index >= 15 is 0 Å². The average molecular weight is 2340 g/mol. The molecule has 0 aromatic carbocycles. The Labute approximate surface area is 1080 Å². The van der Waals surface area contributed by atoms with Crippen LogP contribution in [0.25, 0.3) is 0 Å². The Kier molecular flexibility index (Phi) is 110. The summed E-state index contributed by atoms with van der Waals surface area (Å²) < 4.78 is 408. The van der Waals surface area contributed by atoms with Gasteiger partial charge in [-0.3, -0.25) is 34.9 Å². The van der Waals surface area contributed by atoms with E-state index in [-0.39, 0.29) is 379 Å². The van der Waals surface area contributed by atoms with Crippen LogP contribution in [0.1, 0.15) is 27.7 Å². The largest absolute Gasteiger partial charge is 1.00 e. The summed E-state index contributed by atoms with van der Waals surface area (Å²) in [6.07, 6.45) is -22.2. The summed E-state index contributed by atoms with van der Waals surface area (Å²) in [5.41, 5.74) is 26.4. The van der Waals surface area contributed by atoms with Crippen molar-refractivity contribution in [1.82, 2.24) is 0 Å². The maximum atomic E-state index is 11.9. The smallest absolute Gasteiger partial charge is 0.726 e. The third kappa shape index (κ3) is 78.0. The summed E-state index contributed by atoms with van der Waals surface area (Å²) in [4.78, 5) is 65.0. The minimum Gasteiger partial charge on any atom is -0.726 e. The van der Waals surface area contributed by atoms with Crippen molar-refractivity contribution in [2.45, 2.75) is 200 Å². The van der Waals surface area contributed by atoms with Crippen LogP contribution in [-0.4, -0.2) is 386 Å². The van der Waals surface area contributed by atoms with Gasteiger partial charge in [-0.1, -0.05) is 52.1 Å². The molecule has 0 spiro atoms. The van der Waals surface area contributed by atoms with Gasteiger partial charge in [-0.05, 0) is 24.4 Å². The van der Waals surface area contributed by atoms with Crippen LogP contribution in [0.2, 0.25) is 0 Å². The van der Waals surface area contributed by atoms with Gasteiger partial charge in [0.2, 0.25) is 83.2 Å². The molecular formula is C57H88N4Na12O61S8-4. The van der Waals surface area contributed by atoms with Gasteiger partial charge < -0.3 is 159 Å². The van der Waals surface area contributed by atoms with E-state index in [2.05, 4.69) is 16.7 Å². The fourth-order valence-corrected chi connectivity index (χ4v) is 13.1. The van der Waals surface area contributed by atoms with Crippen LogP contribution in [0.5, 0.6) is 0 Å². The standard InChI is InChI=1S/C53H88N4O37S4.4CO2.12Na.4H2O4S/c1-22-42(54)50(75-9)87-34(18-80-95(59,60)61)46(22)92-39-11-28(72-6)31(15-77-39)85-52-44(56)24(3)48(36(89-52)20-82-97(65,66)67)94-41-13-30(74-8)33(17-79-41)86-53-45(57)25(4)49(37(90-53)21-83-98(68,69)70)93-40-12-29(73-7)32(16-78-40)84-51-43(55)23(2)47(35(88-51)19-81-96(62,63)64)91-38-10-27(71-5)26(58)14-76-38;4*2-1-3;;;;;;;;;;;;;4*1-5(2,3)4/h10-17,22-53,58H,18-21,54-57H2,1-9H3,(H,59,60,61)(H,62,63,64)(H,65,66,67)(H,68,69,70);;;;;;;;;;;;;;;;;4*(H2,1,2,3,4)/q-8;;;;;12*+1;;;;/p-8/t22-,23-,24-,25-,26-,27+,28+,29+,30+,31-,32-,33-,34?,35?,36?,37?,38+,39+,40+,41+,42?,43?,44?,45?,46+,47+,48+,49+,50+,51+,52+,53-;;;;;;;;;;;;;;;;;;;;/m1..................../s1. The Balaban J connectivity index is -0.000000300. The molecule has 0 radical (unpaired) electrons. The molecule has 8 aliphatic heterocycles. The summed E-state index contributed by atoms with van der Waals surface area (Å²) in [7, 11) is -34.1. The Morgan fingerprint density at radius 3 is 0.613 bits per heavy atom. The molecule has 8 aliphatic rings. The first-order valence-corrected chi connectivity index (χ1v) is 45.5. The molecule has 32 atom stereocenters. The number of methoxy groups -OCH3 is 5. The van der Waals surface area contributed by atoms with Gasteiger partial charge in [0.1, 0.15) is 24.4 Å². The SMILES string of the molecule is CO[C@H]1OC(COS(=O)(=O)[O-])[C@@H](O[C@H]2[CH-][C@H](OC)[C@H](O[C@H]3OC(COS(=O)(=O)[O-])[C@@H](O[C@H]4[CH-][C@H](OC)[C@H](O[C@@H]5OC(COS(=O)(=O)[O-])[C@@H](O[C@H]6[CH-][C@H](OC)[C@H](O[C@H]7OC(COS(=O)(=O)[O-])[C@@H](O[C@H]8[CH-][C@H](OC)[C@H](O)[CH-]O8)[C@H](C)C7N)[CH-]O6)[C@H](C)C5N)[CH-]O4)[C@H](C)C3N)[CH-]O2)[C@H](C)C1N.O=C=O.O=C=O.O=C=O.O=C=O.O=S(=O)([O-])O.O=S(=O)([O-])O.O=S(=O)([O-])O.O=S(=O)([O-])O.[Na+].[Na+].[Na+].[Na+].[Na+].[Na+].[Na+].[Na+].[Na+].[Na+].[Na+].[Na+]. The number of carbonyl (C=O) groups excluding carboxylic acids is 8. The van der Waals surface area contributed by atoms with Gasteiger partial charge in [-0.2, -0.15) is 64.8 Å². The van der Waals surface area contributed by atoms with Gasteiger partial charge in [-0.25, -0.2) is 93.0 Å². The second kappa shape index (κ2) is 88.1. The molecule has 8 heterocycles. The van der Waals surface area contributed by atoms with E-state index in [1.54, 1.807) is 27.7 Å². The van der Waals surface area contributed by atoms with Crippen molar-refractivity contribution >= 4 is 108 Å². The Bertz CT molecular complexity index is 4270. The van der Waals surface area contributed by atoms with E-state index in [1.807, 2.05) is 0 Å². The van der Waals surface area contributed by atoms with Crippen molar-refractivity contribution in [2.24, 2.45) is 46.6 Å².